The van der Waals surface area contributed by atoms with E-state index in [1.165, 1.54) is 38.9 Å². The Balaban J connectivity index is 1.49. The van der Waals surface area contributed by atoms with Crippen LogP contribution >= 0.6 is 0 Å². The Hall–Kier alpha value is -5.38. The van der Waals surface area contributed by atoms with Crippen LogP contribution in [-0.4, -0.2) is 43.2 Å². The number of rotatable bonds is 11. The number of carboxylic acids is 2. The number of aliphatic carboxylic acids is 1. The minimum atomic E-state index is -1.12. The fraction of sp³-hybridized carbons (Fsp3) is 0.161. The van der Waals surface area contributed by atoms with Gasteiger partial charge in [0.25, 0.3) is 0 Å². The molecule has 0 spiro atoms. The first kappa shape index (κ1) is 27.2. The van der Waals surface area contributed by atoms with Gasteiger partial charge in [-0.1, -0.05) is 18.2 Å². The topological polar surface area (TPSA) is 134 Å². The van der Waals surface area contributed by atoms with E-state index in [0.717, 1.165) is 0 Å². The first-order valence-corrected chi connectivity index (χ1v) is 12.5. The molecule has 0 unspecified atom stereocenters. The number of carboxylic acid groups (broad SMARTS) is 2. The average Bonchev–Trinajstić information content (AvgIpc) is 3.64. The van der Waals surface area contributed by atoms with Crippen molar-refractivity contribution in [1.29, 1.82) is 0 Å². The van der Waals surface area contributed by atoms with E-state index in [-0.39, 0.29) is 31.0 Å². The molecule has 1 aliphatic rings. The molecular formula is C31H26O10. The molecule has 10 nitrogen and oxygen atoms in total. The lowest BCUT2D eigenvalue weighted by Crippen LogP contribution is -2.06. The van der Waals surface area contributed by atoms with Crippen molar-refractivity contribution < 1.29 is 47.9 Å². The summed E-state index contributed by atoms with van der Waals surface area (Å²) in [6.45, 7) is 0.0616. The summed E-state index contributed by atoms with van der Waals surface area (Å²) < 4.78 is 33.3. The summed E-state index contributed by atoms with van der Waals surface area (Å²) in [6.07, 6.45) is 4.51. The highest BCUT2D eigenvalue weighted by Gasteiger charge is 2.21. The van der Waals surface area contributed by atoms with Gasteiger partial charge in [-0.05, 0) is 30.3 Å². The van der Waals surface area contributed by atoms with E-state index in [4.69, 9.17) is 28.1 Å². The van der Waals surface area contributed by atoms with Crippen molar-refractivity contribution in [2.45, 2.75) is 13.0 Å². The van der Waals surface area contributed by atoms with Crippen LogP contribution in [-0.2, 0) is 17.8 Å². The van der Waals surface area contributed by atoms with E-state index in [9.17, 15) is 19.8 Å². The summed E-state index contributed by atoms with van der Waals surface area (Å²) in [4.78, 5) is 24.0. The normalized spacial score (nSPS) is 12.2. The molecule has 10 heteroatoms. The molecule has 2 N–H and O–H groups in total. The van der Waals surface area contributed by atoms with Crippen molar-refractivity contribution in [2.24, 2.45) is 0 Å². The molecule has 5 rings (SSSR count). The number of carbonyl (C=O) groups is 2. The van der Waals surface area contributed by atoms with Crippen molar-refractivity contribution in [2.75, 3.05) is 21.0 Å². The maximum absolute atomic E-state index is 12.3. The predicted octanol–water partition coefficient (Wildman–Crippen LogP) is 5.68. The third-order valence-electron chi connectivity index (χ3n) is 6.56. The summed E-state index contributed by atoms with van der Waals surface area (Å²) in [6, 6.07) is 15.1. The van der Waals surface area contributed by atoms with E-state index in [1.807, 2.05) is 0 Å². The minimum absolute atomic E-state index is 0.0179. The second-order valence-electron chi connectivity index (χ2n) is 9.02. The summed E-state index contributed by atoms with van der Waals surface area (Å²) in [5.41, 5.74) is 3.00. The van der Waals surface area contributed by atoms with Gasteiger partial charge in [0.15, 0.2) is 11.5 Å². The second kappa shape index (κ2) is 11.8. The summed E-state index contributed by atoms with van der Waals surface area (Å²) in [7, 11) is 3.02. The molecular weight excluding hydrogens is 532 g/mol. The molecule has 210 valence electrons. The number of benzene rings is 3. The Morgan fingerprint density at radius 3 is 2.39 bits per heavy atom. The van der Waals surface area contributed by atoms with Crippen molar-refractivity contribution >= 4 is 18.0 Å². The van der Waals surface area contributed by atoms with Gasteiger partial charge in [0.2, 0.25) is 6.79 Å². The first-order chi connectivity index (χ1) is 19.9. The quantitative estimate of drug-likeness (QED) is 0.221. The number of fused-ring (bicyclic) bond motifs is 1. The molecule has 0 amide bonds. The zero-order valence-corrected chi connectivity index (χ0v) is 22.2. The van der Waals surface area contributed by atoms with Gasteiger partial charge in [0.1, 0.15) is 23.9 Å². The number of aromatic carboxylic acids is 1. The van der Waals surface area contributed by atoms with Crippen LogP contribution in [0.25, 0.3) is 17.2 Å². The van der Waals surface area contributed by atoms with Crippen LogP contribution in [0.3, 0.4) is 0 Å². The van der Waals surface area contributed by atoms with Crippen LogP contribution in [0.2, 0.25) is 0 Å². The molecule has 1 aromatic heterocycles. The van der Waals surface area contributed by atoms with E-state index >= 15 is 0 Å². The molecule has 3 aromatic carbocycles. The third kappa shape index (κ3) is 5.81. The number of hydrogen-bond donors (Lipinski definition) is 2. The highest BCUT2D eigenvalue weighted by atomic mass is 16.7. The van der Waals surface area contributed by atoms with E-state index in [0.29, 0.717) is 56.6 Å². The summed E-state index contributed by atoms with van der Waals surface area (Å²) in [5.74, 6) is 0.264. The summed E-state index contributed by atoms with van der Waals surface area (Å²) in [5, 5.41) is 19.6. The minimum Gasteiger partial charge on any atom is -0.497 e. The number of methoxy groups -OCH3 is 2. The monoisotopic (exact) mass is 558 g/mol. The Morgan fingerprint density at radius 2 is 1.66 bits per heavy atom. The smallest absolute Gasteiger partial charge is 0.336 e. The van der Waals surface area contributed by atoms with Crippen LogP contribution < -0.4 is 23.7 Å². The lowest BCUT2D eigenvalue weighted by Gasteiger charge is -2.14. The van der Waals surface area contributed by atoms with Crippen LogP contribution in [0.1, 0.15) is 27.0 Å². The van der Waals surface area contributed by atoms with Gasteiger partial charge in [0, 0.05) is 51.9 Å². The standard InChI is InChI=1S/C31H26O10/c1-36-22-7-8-24(27(12-22)39-15-18-5-3-4-6-23(18)31(34)35)25-16-38-14-21(25)10-20(30(32)33)9-19-11-28-29(41-17-40-28)13-26(19)37-2/h3-8,10-14,16H,9,15,17H2,1-2H3,(H,32,33)(H,34,35). The fourth-order valence-corrected chi connectivity index (χ4v) is 4.49. The molecule has 0 saturated heterocycles. The SMILES string of the molecule is COc1ccc(-c2cocc2C=C(Cc2cc3c(cc2OC)OCO3)C(=O)O)c(OCc2ccccc2C(=O)O)c1. The molecule has 0 fully saturated rings. The molecule has 4 aromatic rings. The van der Waals surface area contributed by atoms with Gasteiger partial charge in [0.05, 0.1) is 32.3 Å². The van der Waals surface area contributed by atoms with Crippen LogP contribution in [0.4, 0.5) is 0 Å². The average molecular weight is 559 g/mol. The van der Waals surface area contributed by atoms with Gasteiger partial charge in [-0.3, -0.25) is 0 Å². The summed E-state index contributed by atoms with van der Waals surface area (Å²) >= 11 is 0. The second-order valence-corrected chi connectivity index (χ2v) is 9.02. The van der Waals surface area contributed by atoms with Crippen molar-refractivity contribution in [3.05, 3.63) is 95.0 Å². The van der Waals surface area contributed by atoms with E-state index in [1.54, 1.807) is 48.5 Å². The highest BCUT2D eigenvalue weighted by Crippen LogP contribution is 2.40. The van der Waals surface area contributed by atoms with E-state index < -0.39 is 11.9 Å². The van der Waals surface area contributed by atoms with Gasteiger partial charge in [-0.25, -0.2) is 9.59 Å². The first-order valence-electron chi connectivity index (χ1n) is 12.5. The zero-order valence-electron chi connectivity index (χ0n) is 22.2. The van der Waals surface area contributed by atoms with Crippen molar-refractivity contribution in [1.82, 2.24) is 0 Å². The molecule has 0 atom stereocenters. The highest BCUT2D eigenvalue weighted by molar-refractivity contribution is 5.94. The number of furan rings is 1. The molecule has 0 bridgehead atoms. The largest absolute Gasteiger partial charge is 0.497 e. The van der Waals surface area contributed by atoms with Gasteiger partial charge < -0.3 is 38.3 Å². The van der Waals surface area contributed by atoms with E-state index in [2.05, 4.69) is 0 Å². The molecule has 0 saturated carbocycles. The maximum Gasteiger partial charge on any atom is 0.336 e. The predicted molar refractivity (Wildman–Crippen MR) is 147 cm³/mol. The van der Waals surface area contributed by atoms with Crippen molar-refractivity contribution in [3.8, 4) is 39.9 Å². The van der Waals surface area contributed by atoms with Gasteiger partial charge in [-0.2, -0.15) is 0 Å². The Labute approximate surface area is 234 Å². The van der Waals surface area contributed by atoms with Crippen LogP contribution in [0, 0.1) is 0 Å². The van der Waals surface area contributed by atoms with Gasteiger partial charge in [-0.15, -0.1) is 0 Å². The Kier molecular flexibility index (Phi) is 7.82. The van der Waals surface area contributed by atoms with Gasteiger partial charge >= 0.3 is 11.9 Å². The molecule has 2 heterocycles. The van der Waals surface area contributed by atoms with Crippen molar-refractivity contribution in [3.63, 3.8) is 0 Å². The fourth-order valence-electron chi connectivity index (χ4n) is 4.49. The Bertz CT molecular complexity index is 1630. The lowest BCUT2D eigenvalue weighted by molar-refractivity contribution is -0.132. The lowest BCUT2D eigenvalue weighted by atomic mass is 9.98. The third-order valence-corrected chi connectivity index (χ3v) is 6.56. The molecule has 0 aliphatic carbocycles. The number of hydrogen-bond acceptors (Lipinski definition) is 8. The number of ether oxygens (including phenoxy) is 5. The van der Waals surface area contributed by atoms with Crippen LogP contribution in [0.5, 0.6) is 28.7 Å². The molecule has 1 aliphatic heterocycles. The Morgan fingerprint density at radius 1 is 0.878 bits per heavy atom. The zero-order chi connectivity index (χ0) is 28.9. The maximum atomic E-state index is 12.3. The molecule has 41 heavy (non-hydrogen) atoms. The van der Waals surface area contributed by atoms with Crippen LogP contribution in [0.15, 0.2) is 77.1 Å². The molecule has 0 radical (unpaired) electrons.